The number of rotatable bonds is 5. The van der Waals surface area contributed by atoms with Crippen LogP contribution in [0.2, 0.25) is 0 Å². The molecule has 0 amide bonds. The molecular weight excluding hydrogens is 452 g/mol. The summed E-state index contributed by atoms with van der Waals surface area (Å²) in [6.07, 6.45) is 2.39. The number of carboxylic acid groups (broad SMARTS) is 2. The van der Waals surface area contributed by atoms with E-state index in [0.717, 1.165) is 18.2 Å². The highest BCUT2D eigenvalue weighted by molar-refractivity contribution is 7.86. The summed E-state index contributed by atoms with van der Waals surface area (Å²) in [6, 6.07) is 7.80. The third-order valence-corrected chi connectivity index (χ3v) is 5.96. The van der Waals surface area contributed by atoms with Crippen LogP contribution in [0, 0.1) is 6.92 Å². The molecule has 0 bridgehead atoms. The minimum Gasteiger partial charge on any atom is -0.507 e. The summed E-state index contributed by atoms with van der Waals surface area (Å²) in [5.74, 6) is -4.18. The first-order valence-corrected chi connectivity index (χ1v) is 10.8. The van der Waals surface area contributed by atoms with E-state index >= 15 is 0 Å². The topological polar surface area (TPSA) is 166 Å². The number of hydrogen-bond donors (Lipinski definition) is 4. The Bertz CT molecular complexity index is 1420. The van der Waals surface area contributed by atoms with Crippen molar-refractivity contribution in [2.24, 2.45) is 0 Å². The van der Waals surface area contributed by atoms with Gasteiger partial charge in [-0.1, -0.05) is 18.2 Å². The number of aromatic hydroxyl groups is 1. The molecule has 4 N–H and O–H groups in total. The van der Waals surface area contributed by atoms with Crippen molar-refractivity contribution >= 4 is 33.4 Å². The van der Waals surface area contributed by atoms with Crippen LogP contribution in [0.15, 0.2) is 70.2 Å². The normalized spacial score (nSPS) is 15.5. The van der Waals surface area contributed by atoms with E-state index in [1.165, 1.54) is 44.2 Å². The number of allylic oxidation sites excluding steroid dienone is 4. The van der Waals surface area contributed by atoms with Crippen LogP contribution >= 0.6 is 0 Å². The van der Waals surface area contributed by atoms with Crippen LogP contribution in [0.25, 0.3) is 5.57 Å². The molecule has 3 rings (SSSR count). The van der Waals surface area contributed by atoms with Gasteiger partial charge in [0.05, 0.1) is 0 Å². The second-order valence-electron chi connectivity index (χ2n) is 7.32. The molecule has 0 aromatic heterocycles. The van der Waals surface area contributed by atoms with Gasteiger partial charge >= 0.3 is 11.9 Å². The molecule has 0 atom stereocenters. The molecule has 2 aromatic carbocycles. The van der Waals surface area contributed by atoms with E-state index in [0.29, 0.717) is 0 Å². The monoisotopic (exact) mass is 470 g/mol. The lowest BCUT2D eigenvalue weighted by atomic mass is 9.85. The number of phenols is 1. The Kier molecular flexibility index (Phi) is 6.08. The van der Waals surface area contributed by atoms with Crippen molar-refractivity contribution < 1.29 is 42.7 Å². The average molecular weight is 470 g/mol. The standard InChI is InChI=1S/C23H18O9S/c1-11-7-13(9-16(20(11)24)22(26)27)19(15-5-3-4-6-18(15)33(30,31)32)14-8-12(2)21(25)17(10-14)23(28)29/h3-10,24H,1-2H3,(H,26,27)(H,28,29)(H,30,31,32)/b19-14-. The Labute approximate surface area is 188 Å². The van der Waals surface area contributed by atoms with E-state index in [9.17, 15) is 42.7 Å². The molecule has 0 radical (unpaired) electrons. The largest absolute Gasteiger partial charge is 0.507 e. The molecule has 1 aliphatic carbocycles. The quantitative estimate of drug-likeness (QED) is 0.379. The van der Waals surface area contributed by atoms with Gasteiger partial charge in [0.1, 0.15) is 21.8 Å². The Morgan fingerprint density at radius 2 is 1.55 bits per heavy atom. The van der Waals surface area contributed by atoms with Crippen LogP contribution in [0.4, 0.5) is 0 Å². The molecule has 0 saturated carbocycles. The third kappa shape index (κ3) is 4.47. The van der Waals surface area contributed by atoms with E-state index in [1.54, 1.807) is 0 Å². The zero-order valence-corrected chi connectivity index (χ0v) is 18.2. The van der Waals surface area contributed by atoms with Gasteiger partial charge in [-0.15, -0.1) is 0 Å². The Balaban J connectivity index is 2.54. The van der Waals surface area contributed by atoms with Crippen LogP contribution in [0.3, 0.4) is 0 Å². The average Bonchev–Trinajstić information content (AvgIpc) is 2.72. The first-order chi connectivity index (χ1) is 15.3. The Morgan fingerprint density at radius 1 is 0.909 bits per heavy atom. The summed E-state index contributed by atoms with van der Waals surface area (Å²) < 4.78 is 33.9. The number of carbonyl (C=O) groups is 3. The fourth-order valence-corrected chi connectivity index (χ4v) is 4.24. The highest BCUT2D eigenvalue weighted by Gasteiger charge is 2.27. The highest BCUT2D eigenvalue weighted by atomic mass is 32.2. The number of benzene rings is 2. The molecule has 0 saturated heterocycles. The zero-order valence-electron chi connectivity index (χ0n) is 17.4. The van der Waals surface area contributed by atoms with Gasteiger partial charge in [-0.2, -0.15) is 8.42 Å². The first kappa shape index (κ1) is 23.6. The van der Waals surface area contributed by atoms with Crippen LogP contribution in [0.1, 0.15) is 34.0 Å². The van der Waals surface area contributed by atoms with Crippen molar-refractivity contribution in [3.05, 3.63) is 87.5 Å². The number of hydrogen-bond acceptors (Lipinski definition) is 6. The van der Waals surface area contributed by atoms with Gasteiger partial charge in [0.2, 0.25) is 0 Å². The first-order valence-electron chi connectivity index (χ1n) is 9.39. The predicted molar refractivity (Wildman–Crippen MR) is 117 cm³/mol. The number of ketones is 1. The molecule has 0 aliphatic heterocycles. The van der Waals surface area contributed by atoms with Crippen LogP contribution in [0.5, 0.6) is 5.75 Å². The lowest BCUT2D eigenvalue weighted by molar-refractivity contribution is -0.134. The summed E-state index contributed by atoms with van der Waals surface area (Å²) in [5.41, 5.74) is -0.628. The molecule has 0 unspecified atom stereocenters. The summed E-state index contributed by atoms with van der Waals surface area (Å²) in [5, 5.41) is 29.1. The van der Waals surface area contributed by atoms with Crippen LogP contribution in [-0.2, 0) is 19.7 Å². The second kappa shape index (κ2) is 8.49. The van der Waals surface area contributed by atoms with Crippen molar-refractivity contribution in [1.82, 2.24) is 0 Å². The Morgan fingerprint density at radius 3 is 2.12 bits per heavy atom. The fraction of sp³-hybridized carbons (Fsp3) is 0.0870. The highest BCUT2D eigenvalue weighted by Crippen LogP contribution is 2.38. The van der Waals surface area contributed by atoms with Gasteiger partial charge in [0.25, 0.3) is 10.1 Å². The van der Waals surface area contributed by atoms with Crippen molar-refractivity contribution in [3.63, 3.8) is 0 Å². The minimum absolute atomic E-state index is 0.0411. The van der Waals surface area contributed by atoms with E-state index in [4.69, 9.17) is 0 Å². The number of aliphatic carboxylic acids is 1. The zero-order chi connectivity index (χ0) is 24.7. The van der Waals surface area contributed by atoms with Gasteiger partial charge in [0.15, 0.2) is 5.78 Å². The lowest BCUT2D eigenvalue weighted by Gasteiger charge is -2.19. The van der Waals surface area contributed by atoms with E-state index in [2.05, 4.69) is 0 Å². The molecule has 33 heavy (non-hydrogen) atoms. The molecular formula is C23H18O9S. The predicted octanol–water partition coefficient (Wildman–Crippen LogP) is 2.99. The van der Waals surface area contributed by atoms with Gasteiger partial charge in [0, 0.05) is 5.56 Å². The van der Waals surface area contributed by atoms with E-state index in [-0.39, 0.29) is 33.4 Å². The van der Waals surface area contributed by atoms with Crippen LogP contribution in [-0.4, -0.2) is 46.0 Å². The molecule has 2 aromatic rings. The summed E-state index contributed by atoms with van der Waals surface area (Å²) >= 11 is 0. The van der Waals surface area contributed by atoms with Gasteiger partial charge in [-0.3, -0.25) is 9.35 Å². The summed E-state index contributed by atoms with van der Waals surface area (Å²) in [7, 11) is -4.75. The third-order valence-electron chi connectivity index (χ3n) is 5.05. The number of carbonyl (C=O) groups excluding carboxylic acids is 1. The number of aromatic carboxylic acids is 1. The molecule has 10 heteroatoms. The van der Waals surface area contributed by atoms with E-state index in [1.807, 2.05) is 0 Å². The number of carboxylic acids is 2. The number of aryl methyl sites for hydroxylation is 1. The van der Waals surface area contributed by atoms with Crippen molar-refractivity contribution in [2.45, 2.75) is 18.7 Å². The van der Waals surface area contributed by atoms with Crippen molar-refractivity contribution in [3.8, 4) is 5.75 Å². The molecule has 170 valence electrons. The fourth-order valence-electron chi connectivity index (χ4n) is 3.54. The lowest BCUT2D eigenvalue weighted by Crippen LogP contribution is -2.17. The van der Waals surface area contributed by atoms with Crippen molar-refractivity contribution in [2.75, 3.05) is 0 Å². The molecule has 9 nitrogen and oxygen atoms in total. The maximum Gasteiger partial charge on any atom is 0.339 e. The van der Waals surface area contributed by atoms with Gasteiger partial charge in [-0.25, -0.2) is 9.59 Å². The molecule has 1 aliphatic rings. The molecule has 0 fully saturated rings. The summed E-state index contributed by atoms with van der Waals surface area (Å²) in [6.45, 7) is 2.82. The molecule has 0 spiro atoms. The maximum absolute atomic E-state index is 12.3. The second-order valence-corrected chi connectivity index (χ2v) is 8.71. The van der Waals surface area contributed by atoms with Crippen LogP contribution < -0.4 is 0 Å². The molecule has 0 heterocycles. The SMILES string of the molecule is CC1=C/C(=C(\c2cc(C)c(O)c(C(=O)O)c2)c2ccccc2S(=O)(=O)O)C=C(C(=O)O)C1=O. The van der Waals surface area contributed by atoms with Crippen molar-refractivity contribution in [1.29, 1.82) is 0 Å². The maximum atomic E-state index is 12.3. The minimum atomic E-state index is -4.75. The Hall–Kier alpha value is -4.02. The summed E-state index contributed by atoms with van der Waals surface area (Å²) in [4.78, 5) is 35.1. The van der Waals surface area contributed by atoms with Gasteiger partial charge in [-0.05, 0) is 72.0 Å². The number of Topliss-reactive ketones (excluding diaryl/α,β-unsaturated/α-hetero) is 1. The van der Waals surface area contributed by atoms with Gasteiger partial charge < -0.3 is 15.3 Å². The van der Waals surface area contributed by atoms with E-state index < -0.39 is 49.6 Å². The smallest absolute Gasteiger partial charge is 0.339 e.